The fourth-order valence-electron chi connectivity index (χ4n) is 9.56. The molecule has 0 radical (unpaired) electrons. The molecule has 7 aromatic carbocycles. The van der Waals surface area contributed by atoms with Crippen LogP contribution >= 0.6 is 0 Å². The van der Waals surface area contributed by atoms with Crippen molar-refractivity contribution in [1.82, 2.24) is 4.72 Å². The van der Waals surface area contributed by atoms with E-state index >= 15 is 0 Å². The molecule has 0 aliphatic heterocycles. The molecule has 14 nitrogen and oxygen atoms in total. The van der Waals surface area contributed by atoms with Gasteiger partial charge in [-0.25, -0.2) is 38.4 Å². The third-order valence-corrected chi connectivity index (χ3v) is 23.4. The van der Waals surface area contributed by atoms with E-state index < -0.39 is 44.3 Å². The van der Waals surface area contributed by atoms with E-state index in [9.17, 15) is 33.7 Å². The van der Waals surface area contributed by atoms with Gasteiger partial charge in [-0.3, -0.25) is 0 Å². The summed E-state index contributed by atoms with van der Waals surface area (Å²) in [5.74, 6) is 7.69. The van der Waals surface area contributed by atoms with Crippen molar-refractivity contribution in [1.29, 1.82) is 0 Å². The summed E-state index contributed by atoms with van der Waals surface area (Å²) in [5, 5.41) is 0. The zero-order valence-electron chi connectivity index (χ0n) is 67.4. The number of hydrogen-bond donors (Lipinski definition) is 1. The van der Waals surface area contributed by atoms with Gasteiger partial charge in [0.2, 0.25) is 10.0 Å². The van der Waals surface area contributed by atoms with E-state index in [2.05, 4.69) is 126 Å². The van der Waals surface area contributed by atoms with Gasteiger partial charge in [0.15, 0.2) is 52.5 Å². The Hall–Kier alpha value is -6.70. The maximum Gasteiger partial charge on any atom is 0.240 e. The molecule has 0 amide bonds. The number of sulfone groups is 3. The minimum atomic E-state index is -3.29. The first-order chi connectivity index (χ1) is 47.5. The molecule has 1 aliphatic carbocycles. The van der Waals surface area contributed by atoms with E-state index in [1.165, 1.54) is 34.1 Å². The van der Waals surface area contributed by atoms with Gasteiger partial charge in [-0.05, 0) is 247 Å². The average molecular weight is 1500 g/mol. The standard InChI is InChI=1S/C14H22O2.C13H20O2S.C12H17NO2S.C12H18O2.C12H18O.2C11H16O2S/c1-10(2)11-7-8-12(13(9-11)15-6)16-14(3,4)5;1-10(2)11-6-8-12(9-7-11)16(14,15)13(3,4)5;1-9(2)10-3-7-12(8-4-10)16(14,15)13-11-5-6-11;1-5-14-12-8-10(9(2)3)6-7-11(12)13-4;1-9(2)11-5-7-12(8-6-11)13-10(3)4;1-8(2)10-5-6-11(9(3)7-10)14(4,12)13;1-4-14(12,13)11-7-5-10(6-8-11)9(2)3/h7-10H,1-6H3;6-10H,1-5H3;3-4,7-9,11,13H,5-6H2,1-2H3;6-9H,5H2,1-4H3;5-10H,1-4H3;5-8H,1-4H3;5-9H,4H2,1-3H3. The van der Waals surface area contributed by atoms with Crippen LogP contribution in [0.15, 0.2) is 171 Å². The summed E-state index contributed by atoms with van der Waals surface area (Å²) < 4.78 is 123. The van der Waals surface area contributed by atoms with Gasteiger partial charge in [0, 0.05) is 12.3 Å². The lowest BCUT2D eigenvalue weighted by molar-refractivity contribution is 0.125. The summed E-state index contributed by atoms with van der Waals surface area (Å²) >= 11 is 0. The fourth-order valence-corrected chi connectivity index (χ4v) is 13.9. The van der Waals surface area contributed by atoms with E-state index in [4.69, 9.17) is 23.7 Å². The summed E-state index contributed by atoms with van der Waals surface area (Å²) in [6, 6.07) is 47.7. The number of aryl methyl sites for hydroxylation is 1. The molecule has 0 aromatic heterocycles. The summed E-state index contributed by atoms with van der Waals surface area (Å²) in [7, 11) is -9.29. The Morgan fingerprint density at radius 1 is 0.427 bits per heavy atom. The predicted octanol–water partition coefficient (Wildman–Crippen LogP) is 21.6. The topological polar surface area (TPSA) is 195 Å². The Balaban J connectivity index is 0.000000409. The molecular weight excluding hydrogens is 1370 g/mol. The van der Waals surface area contributed by atoms with Crippen LogP contribution in [0, 0.1) is 6.92 Å². The molecule has 7 aromatic rings. The Bertz CT molecular complexity index is 4120. The molecule has 0 bridgehead atoms. The van der Waals surface area contributed by atoms with E-state index in [0.29, 0.717) is 67.6 Å². The lowest BCUT2D eigenvalue weighted by Crippen LogP contribution is -2.27. The Kier molecular flexibility index (Phi) is 37.5. The number of methoxy groups -OCH3 is 2. The smallest absolute Gasteiger partial charge is 0.240 e. The SMILES string of the molecule is CC(C)Oc1ccc(C(C)C)cc1.CC(C)c1ccc(S(=O)(=O)C(C)(C)C)cc1.CC(C)c1ccc(S(=O)(=O)NC2CC2)cc1.CCOc1cc(C(C)C)ccc1OC.CCS(=O)(=O)c1ccc(C(C)C)cc1.COc1cc(C(C)C)ccc1OC(C)(C)C.Cc1cc(C(C)C)ccc1S(C)(=O)=O. The van der Waals surface area contributed by atoms with Crippen LogP contribution in [-0.2, 0) is 39.5 Å². The molecule has 0 atom stereocenters. The maximum atomic E-state index is 12.1. The lowest BCUT2D eigenvalue weighted by atomic mass is 10.0. The fraction of sp³-hybridized carbons (Fsp3) is 0.506. The molecule has 103 heavy (non-hydrogen) atoms. The highest BCUT2D eigenvalue weighted by Gasteiger charge is 2.31. The number of rotatable bonds is 21. The van der Waals surface area contributed by atoms with Crippen molar-refractivity contribution in [2.75, 3.05) is 32.8 Å². The molecule has 1 aliphatic rings. The summed E-state index contributed by atoms with van der Waals surface area (Å²) in [6.07, 6.45) is 3.42. The monoisotopic (exact) mass is 1500 g/mol. The predicted molar refractivity (Wildman–Crippen MR) is 430 cm³/mol. The van der Waals surface area contributed by atoms with Crippen molar-refractivity contribution in [3.63, 3.8) is 0 Å². The molecule has 0 unspecified atom stereocenters. The van der Waals surface area contributed by atoms with Crippen LogP contribution in [-0.4, -0.2) is 89.0 Å². The first-order valence-corrected chi connectivity index (χ1v) is 42.6. The average Bonchev–Trinajstić information content (AvgIpc) is 1.24. The zero-order valence-corrected chi connectivity index (χ0v) is 70.7. The highest BCUT2D eigenvalue weighted by molar-refractivity contribution is 7.93. The van der Waals surface area contributed by atoms with Gasteiger partial charge in [0.1, 0.15) is 11.4 Å². The molecule has 1 saturated carbocycles. The molecule has 0 heterocycles. The Morgan fingerprint density at radius 2 is 0.777 bits per heavy atom. The van der Waals surface area contributed by atoms with E-state index in [-0.39, 0.29) is 23.5 Å². The van der Waals surface area contributed by atoms with Gasteiger partial charge in [0.25, 0.3) is 0 Å². The maximum absolute atomic E-state index is 12.1. The van der Waals surface area contributed by atoms with Crippen molar-refractivity contribution in [3.05, 3.63) is 196 Å². The van der Waals surface area contributed by atoms with Gasteiger partial charge in [0.05, 0.1) is 57.0 Å². The number of ether oxygens (including phenoxy) is 5. The van der Waals surface area contributed by atoms with Gasteiger partial charge < -0.3 is 23.7 Å². The van der Waals surface area contributed by atoms with Crippen molar-refractivity contribution >= 4 is 39.5 Å². The molecule has 0 spiro atoms. The van der Waals surface area contributed by atoms with Crippen LogP contribution in [0.25, 0.3) is 0 Å². The van der Waals surface area contributed by atoms with Gasteiger partial charge in [-0.15, -0.1) is 0 Å². The van der Waals surface area contributed by atoms with Crippen LogP contribution in [0.5, 0.6) is 28.7 Å². The van der Waals surface area contributed by atoms with Gasteiger partial charge in [-0.2, -0.15) is 0 Å². The third-order valence-electron chi connectivity index (χ3n) is 16.3. The molecular formula is C85H127NO13S4. The normalized spacial score (nSPS) is 12.5. The van der Waals surface area contributed by atoms with Crippen LogP contribution in [0.2, 0.25) is 0 Å². The summed E-state index contributed by atoms with van der Waals surface area (Å²) in [5.41, 5.74) is 9.18. The highest BCUT2D eigenvalue weighted by atomic mass is 32.2. The Labute approximate surface area is 624 Å². The minimum Gasteiger partial charge on any atom is -0.493 e. The number of sulfonamides is 1. The van der Waals surface area contributed by atoms with Crippen molar-refractivity contribution in [2.45, 2.75) is 269 Å². The lowest BCUT2D eigenvalue weighted by Gasteiger charge is -2.23. The first-order valence-electron chi connectivity index (χ1n) is 36.1. The van der Waals surface area contributed by atoms with Gasteiger partial charge >= 0.3 is 0 Å². The van der Waals surface area contributed by atoms with E-state index in [1.54, 1.807) is 84.4 Å². The molecule has 574 valence electrons. The zero-order chi connectivity index (χ0) is 78.8. The third kappa shape index (κ3) is 32.3. The minimum absolute atomic E-state index is 0.161. The van der Waals surface area contributed by atoms with Crippen LogP contribution in [0.3, 0.4) is 0 Å². The van der Waals surface area contributed by atoms with Crippen molar-refractivity contribution < 1.29 is 57.4 Å². The summed E-state index contributed by atoms with van der Waals surface area (Å²) in [4.78, 5) is 1.62. The molecule has 8 rings (SSSR count). The second-order valence-electron chi connectivity index (χ2n) is 30.2. The molecule has 1 fully saturated rings. The Morgan fingerprint density at radius 3 is 1.11 bits per heavy atom. The number of benzene rings is 7. The highest BCUT2D eigenvalue weighted by Crippen LogP contribution is 2.35. The van der Waals surface area contributed by atoms with Crippen molar-refractivity contribution in [3.8, 4) is 28.7 Å². The first kappa shape index (κ1) is 92.4. The number of hydrogen-bond acceptors (Lipinski definition) is 13. The van der Waals surface area contributed by atoms with Crippen LogP contribution in [0.4, 0.5) is 0 Å². The van der Waals surface area contributed by atoms with Crippen LogP contribution < -0.4 is 28.4 Å². The van der Waals surface area contributed by atoms with Crippen LogP contribution in [0.1, 0.15) is 265 Å². The van der Waals surface area contributed by atoms with Gasteiger partial charge in [-0.1, -0.05) is 177 Å². The second-order valence-corrected chi connectivity index (χ2v) is 38.9. The molecule has 1 N–H and O–H groups in total. The van der Waals surface area contributed by atoms with E-state index in [0.717, 1.165) is 58.3 Å². The molecule has 18 heteroatoms. The van der Waals surface area contributed by atoms with E-state index in [1.807, 2.05) is 133 Å². The quantitative estimate of drug-likeness (QED) is 0.0714. The van der Waals surface area contributed by atoms with Crippen molar-refractivity contribution in [2.24, 2.45) is 0 Å². The second kappa shape index (κ2) is 41.9. The summed E-state index contributed by atoms with van der Waals surface area (Å²) in [6.45, 7) is 51.2. The largest absolute Gasteiger partial charge is 0.493 e. The number of nitrogens with one attached hydrogen (secondary N) is 1. The molecule has 0 saturated heterocycles.